The average molecular weight is 417 g/mol. The van der Waals surface area contributed by atoms with Crippen LogP contribution in [0.4, 0.5) is 5.69 Å². The molecule has 0 radical (unpaired) electrons. The molecule has 2 aliphatic rings. The van der Waals surface area contributed by atoms with Crippen molar-refractivity contribution in [2.75, 3.05) is 11.4 Å². The number of hydrogen-bond donors (Lipinski definition) is 0. The minimum absolute atomic E-state index is 0.0105. The van der Waals surface area contributed by atoms with Crippen molar-refractivity contribution in [3.8, 4) is 0 Å². The molecule has 0 unspecified atom stereocenters. The van der Waals surface area contributed by atoms with E-state index in [1.165, 1.54) is 0 Å². The summed E-state index contributed by atoms with van der Waals surface area (Å²) in [5, 5.41) is 4.44. The van der Waals surface area contributed by atoms with Crippen LogP contribution in [0.5, 0.6) is 0 Å². The van der Waals surface area contributed by atoms with Gasteiger partial charge in [0, 0.05) is 50.0 Å². The highest BCUT2D eigenvalue weighted by Gasteiger charge is 2.39. The summed E-state index contributed by atoms with van der Waals surface area (Å²) in [5.74, 6) is -0.0105. The van der Waals surface area contributed by atoms with Crippen molar-refractivity contribution in [3.63, 3.8) is 0 Å². The zero-order valence-corrected chi connectivity index (χ0v) is 18.3. The quantitative estimate of drug-likeness (QED) is 0.751. The van der Waals surface area contributed by atoms with E-state index >= 15 is 0 Å². The molecule has 1 aromatic carbocycles. The van der Waals surface area contributed by atoms with Crippen molar-refractivity contribution in [2.24, 2.45) is 7.05 Å². The molecule has 29 heavy (non-hydrogen) atoms. The van der Waals surface area contributed by atoms with Gasteiger partial charge in [0.25, 0.3) is 0 Å². The Hall–Kier alpha value is -2.19. The number of carbonyl (C=O) groups is 1. The molecule has 2 heterocycles. The van der Waals surface area contributed by atoms with Crippen LogP contribution in [0.3, 0.4) is 0 Å². The Labute approximate surface area is 172 Å². The monoisotopic (exact) mass is 416 g/mol. The molecule has 156 valence electrons. The maximum Gasteiger partial charge on any atom is 0.243 e. The molecule has 0 spiro atoms. The SMILES string of the molecule is CC(=O)N1CCCc2cc(S(=O)(=O)N(Cc3c(C)nn(C)c3C)C3CC3)ccc21. The third-order valence-corrected chi connectivity index (χ3v) is 7.98. The Morgan fingerprint density at radius 2 is 2.00 bits per heavy atom. The number of sulfonamides is 1. The number of aromatic nitrogens is 2. The summed E-state index contributed by atoms with van der Waals surface area (Å²) in [5.41, 5.74) is 4.60. The van der Waals surface area contributed by atoms with Gasteiger partial charge in [-0.15, -0.1) is 0 Å². The van der Waals surface area contributed by atoms with Gasteiger partial charge in [-0.05, 0) is 63.3 Å². The summed E-state index contributed by atoms with van der Waals surface area (Å²) in [4.78, 5) is 14.0. The molecule has 1 saturated carbocycles. The summed E-state index contributed by atoms with van der Waals surface area (Å²) in [6.45, 7) is 6.47. The maximum absolute atomic E-state index is 13.6. The molecule has 7 nitrogen and oxygen atoms in total. The number of nitrogens with zero attached hydrogens (tertiary/aromatic N) is 4. The predicted octanol–water partition coefficient (Wildman–Crippen LogP) is 2.69. The molecule has 1 aromatic heterocycles. The van der Waals surface area contributed by atoms with Crippen LogP contribution in [0.15, 0.2) is 23.1 Å². The van der Waals surface area contributed by atoms with Gasteiger partial charge in [0.2, 0.25) is 15.9 Å². The standard InChI is InChI=1S/C21H28N4O3S/c1-14-20(15(2)23(4)22-14)13-25(18-7-8-18)29(27,28)19-9-10-21-17(12-19)6-5-11-24(21)16(3)26/h9-10,12,18H,5-8,11,13H2,1-4H3. The van der Waals surface area contributed by atoms with E-state index in [1.807, 2.05) is 20.9 Å². The van der Waals surface area contributed by atoms with Gasteiger partial charge >= 0.3 is 0 Å². The van der Waals surface area contributed by atoms with E-state index in [2.05, 4.69) is 5.10 Å². The molecule has 1 aliphatic carbocycles. The molecule has 0 saturated heterocycles. The summed E-state index contributed by atoms with van der Waals surface area (Å²) in [7, 11) is -1.76. The molecular formula is C21H28N4O3S. The van der Waals surface area contributed by atoms with E-state index < -0.39 is 10.0 Å². The zero-order valence-electron chi connectivity index (χ0n) is 17.5. The third-order valence-electron chi connectivity index (χ3n) is 6.08. The summed E-state index contributed by atoms with van der Waals surface area (Å²) in [6.07, 6.45) is 3.41. The van der Waals surface area contributed by atoms with E-state index in [9.17, 15) is 13.2 Å². The second-order valence-electron chi connectivity index (χ2n) is 8.12. The molecule has 1 amide bonds. The molecule has 8 heteroatoms. The summed E-state index contributed by atoms with van der Waals surface area (Å²) >= 11 is 0. The number of fused-ring (bicyclic) bond motifs is 1. The van der Waals surface area contributed by atoms with Gasteiger partial charge in [0.1, 0.15) is 0 Å². The Morgan fingerprint density at radius 3 is 2.59 bits per heavy atom. The number of hydrogen-bond acceptors (Lipinski definition) is 4. The molecular weight excluding hydrogens is 388 g/mol. The highest BCUT2D eigenvalue weighted by atomic mass is 32.2. The van der Waals surface area contributed by atoms with Crippen molar-refractivity contribution < 1.29 is 13.2 Å². The number of carbonyl (C=O) groups excluding carboxylic acids is 1. The van der Waals surface area contributed by atoms with Gasteiger partial charge in [-0.2, -0.15) is 9.40 Å². The molecule has 4 rings (SSSR count). The molecule has 1 aliphatic heterocycles. The number of anilines is 1. The van der Waals surface area contributed by atoms with Gasteiger partial charge < -0.3 is 4.90 Å². The van der Waals surface area contributed by atoms with E-state index in [1.54, 1.807) is 39.0 Å². The topological polar surface area (TPSA) is 75.5 Å². The smallest absolute Gasteiger partial charge is 0.243 e. The molecule has 0 bridgehead atoms. The lowest BCUT2D eigenvalue weighted by Crippen LogP contribution is -2.35. The van der Waals surface area contributed by atoms with E-state index in [-0.39, 0.29) is 11.9 Å². The van der Waals surface area contributed by atoms with Crippen LogP contribution in [-0.2, 0) is 34.8 Å². The van der Waals surface area contributed by atoms with Gasteiger partial charge in [-0.3, -0.25) is 9.48 Å². The number of benzene rings is 1. The lowest BCUT2D eigenvalue weighted by atomic mass is 10.0. The first-order valence-electron chi connectivity index (χ1n) is 10.1. The fourth-order valence-electron chi connectivity index (χ4n) is 4.17. The van der Waals surface area contributed by atoms with E-state index in [0.717, 1.165) is 53.9 Å². The van der Waals surface area contributed by atoms with Gasteiger partial charge in [0.05, 0.1) is 10.6 Å². The average Bonchev–Trinajstić information content (AvgIpc) is 3.48. The van der Waals surface area contributed by atoms with Crippen molar-refractivity contribution in [1.29, 1.82) is 0 Å². The zero-order chi connectivity index (χ0) is 20.9. The van der Waals surface area contributed by atoms with Crippen molar-refractivity contribution in [3.05, 3.63) is 40.7 Å². The van der Waals surface area contributed by atoms with Crippen LogP contribution < -0.4 is 4.90 Å². The first-order chi connectivity index (χ1) is 13.7. The van der Waals surface area contributed by atoms with Crippen LogP contribution in [-0.4, -0.2) is 41.0 Å². The van der Waals surface area contributed by atoms with Crippen LogP contribution in [0.25, 0.3) is 0 Å². The van der Waals surface area contributed by atoms with Crippen LogP contribution in [0.1, 0.15) is 48.7 Å². The minimum atomic E-state index is -3.64. The molecule has 0 atom stereocenters. The molecule has 0 N–H and O–H groups in total. The lowest BCUT2D eigenvalue weighted by molar-refractivity contribution is -0.116. The Bertz CT molecular complexity index is 1070. The van der Waals surface area contributed by atoms with Gasteiger partial charge in [0.15, 0.2) is 0 Å². The normalized spacial score (nSPS) is 16.9. The van der Waals surface area contributed by atoms with E-state index in [4.69, 9.17) is 0 Å². The first kappa shape index (κ1) is 20.1. The largest absolute Gasteiger partial charge is 0.312 e. The van der Waals surface area contributed by atoms with Gasteiger partial charge in [-0.1, -0.05) is 0 Å². The highest BCUT2D eigenvalue weighted by Crippen LogP contribution is 2.36. The number of aryl methyl sites for hydroxylation is 3. The van der Waals surface area contributed by atoms with Gasteiger partial charge in [-0.25, -0.2) is 8.42 Å². The molecule has 2 aromatic rings. The first-order valence-corrected chi connectivity index (χ1v) is 11.6. The van der Waals surface area contributed by atoms with Crippen LogP contribution in [0.2, 0.25) is 0 Å². The van der Waals surface area contributed by atoms with Crippen LogP contribution in [0, 0.1) is 13.8 Å². The Balaban J connectivity index is 1.70. The second kappa shape index (κ2) is 7.25. The minimum Gasteiger partial charge on any atom is -0.312 e. The fraction of sp³-hybridized carbons (Fsp3) is 0.524. The highest BCUT2D eigenvalue weighted by molar-refractivity contribution is 7.89. The van der Waals surface area contributed by atoms with Crippen molar-refractivity contribution in [2.45, 2.75) is 63.9 Å². The van der Waals surface area contributed by atoms with Crippen LogP contribution >= 0.6 is 0 Å². The van der Waals surface area contributed by atoms with Crippen molar-refractivity contribution >= 4 is 21.6 Å². The van der Waals surface area contributed by atoms with E-state index in [0.29, 0.717) is 18.0 Å². The Morgan fingerprint density at radius 1 is 1.28 bits per heavy atom. The Kier molecular flexibility index (Phi) is 5.02. The maximum atomic E-state index is 13.6. The predicted molar refractivity (Wildman–Crippen MR) is 111 cm³/mol. The lowest BCUT2D eigenvalue weighted by Gasteiger charge is -2.29. The fourth-order valence-corrected chi connectivity index (χ4v) is 5.88. The second-order valence-corrected chi connectivity index (χ2v) is 10.0. The summed E-state index contributed by atoms with van der Waals surface area (Å²) < 4.78 is 30.6. The third kappa shape index (κ3) is 3.59. The van der Waals surface area contributed by atoms with Crippen molar-refractivity contribution in [1.82, 2.24) is 14.1 Å². The summed E-state index contributed by atoms with van der Waals surface area (Å²) in [6, 6.07) is 5.24. The number of rotatable bonds is 5. The number of amides is 1. The molecule has 1 fully saturated rings.